The summed E-state index contributed by atoms with van der Waals surface area (Å²) in [7, 11) is 0. The molecule has 0 spiro atoms. The van der Waals surface area contributed by atoms with Crippen LogP contribution in [0.5, 0.6) is 0 Å². The minimum atomic E-state index is -4.35. The van der Waals surface area contributed by atoms with Crippen LogP contribution in [0.2, 0.25) is 0 Å². The van der Waals surface area contributed by atoms with E-state index in [1.165, 1.54) is 0 Å². The smallest absolute Gasteiger partial charge is 0.317 e. The number of aromatic nitrogens is 2. The molecular formula is C9H13ClF3N3. The Balaban J connectivity index is 0.00000128. The zero-order valence-electron chi connectivity index (χ0n) is 8.47. The highest BCUT2D eigenvalue weighted by atomic mass is 35.5. The molecule has 3 nitrogen and oxygen atoms in total. The van der Waals surface area contributed by atoms with Crippen LogP contribution in [0.4, 0.5) is 13.2 Å². The Morgan fingerprint density at radius 2 is 1.88 bits per heavy atom. The summed E-state index contributed by atoms with van der Waals surface area (Å²) in [5.74, 6) is 0.176. The van der Waals surface area contributed by atoms with Crippen LogP contribution in [-0.4, -0.2) is 23.3 Å². The largest absolute Gasteiger partial charge is 0.435 e. The third-order valence-electron chi connectivity index (χ3n) is 2.67. The van der Waals surface area contributed by atoms with Gasteiger partial charge in [-0.1, -0.05) is 0 Å². The quantitative estimate of drug-likeness (QED) is 0.809. The lowest BCUT2D eigenvalue weighted by Gasteiger charge is -2.20. The first-order valence-electron chi connectivity index (χ1n) is 4.90. The minimum Gasteiger partial charge on any atom is -0.317 e. The molecule has 0 aliphatic carbocycles. The Morgan fingerprint density at radius 3 is 2.38 bits per heavy atom. The molecule has 7 heteroatoms. The predicted octanol–water partition coefficient (Wildman–Crippen LogP) is 2.32. The normalized spacial score (nSPS) is 18.2. The third-order valence-corrected chi connectivity index (χ3v) is 2.67. The summed E-state index contributed by atoms with van der Waals surface area (Å²) in [5.41, 5.74) is -0.222. The number of rotatable bonds is 1. The highest BCUT2D eigenvalue weighted by Crippen LogP contribution is 2.31. The van der Waals surface area contributed by atoms with Gasteiger partial charge in [0.1, 0.15) is 0 Å². The van der Waals surface area contributed by atoms with Gasteiger partial charge in [-0.05, 0) is 32.0 Å². The van der Waals surface area contributed by atoms with Crippen LogP contribution in [0.15, 0.2) is 6.07 Å². The van der Waals surface area contributed by atoms with E-state index in [0.717, 1.165) is 32.0 Å². The van der Waals surface area contributed by atoms with Crippen molar-refractivity contribution in [3.63, 3.8) is 0 Å². The Kier molecular flexibility index (Phi) is 4.21. The van der Waals surface area contributed by atoms with Gasteiger partial charge in [0.2, 0.25) is 0 Å². The average Bonchev–Trinajstić information content (AvgIpc) is 2.67. The SMILES string of the molecule is Cl.FC(F)(F)c1cc(C2CCNCC2)[nH]n1. The van der Waals surface area contributed by atoms with Crippen LogP contribution in [0.1, 0.15) is 30.1 Å². The molecule has 0 aromatic carbocycles. The van der Waals surface area contributed by atoms with E-state index in [9.17, 15) is 13.2 Å². The van der Waals surface area contributed by atoms with Crippen molar-refractivity contribution in [3.05, 3.63) is 17.5 Å². The van der Waals surface area contributed by atoms with Crippen molar-refractivity contribution in [1.29, 1.82) is 0 Å². The standard InChI is InChI=1S/C9H12F3N3.ClH/c10-9(11,12)8-5-7(14-15-8)6-1-3-13-4-2-6;/h5-6,13H,1-4H2,(H,14,15);1H. The summed E-state index contributed by atoms with van der Waals surface area (Å²) in [6.45, 7) is 1.70. The lowest BCUT2D eigenvalue weighted by molar-refractivity contribution is -0.141. The van der Waals surface area contributed by atoms with Crippen molar-refractivity contribution in [1.82, 2.24) is 15.5 Å². The molecule has 16 heavy (non-hydrogen) atoms. The molecule has 0 atom stereocenters. The number of alkyl halides is 3. The summed E-state index contributed by atoms with van der Waals surface area (Å²) in [4.78, 5) is 0. The summed E-state index contributed by atoms with van der Waals surface area (Å²) >= 11 is 0. The Bertz CT molecular complexity index is 331. The molecular weight excluding hydrogens is 243 g/mol. The molecule has 2 rings (SSSR count). The molecule has 0 radical (unpaired) electrons. The second-order valence-electron chi connectivity index (χ2n) is 3.73. The maximum absolute atomic E-state index is 12.3. The van der Waals surface area contributed by atoms with E-state index in [4.69, 9.17) is 0 Å². The Hall–Kier alpha value is -0.750. The Labute approximate surface area is 97.2 Å². The van der Waals surface area contributed by atoms with Crippen LogP contribution >= 0.6 is 12.4 Å². The molecule has 1 fully saturated rings. The van der Waals surface area contributed by atoms with E-state index in [2.05, 4.69) is 15.5 Å². The average molecular weight is 256 g/mol. The second-order valence-corrected chi connectivity index (χ2v) is 3.73. The molecule has 0 bridgehead atoms. The van der Waals surface area contributed by atoms with Gasteiger partial charge in [-0.2, -0.15) is 18.3 Å². The first-order valence-corrected chi connectivity index (χ1v) is 4.90. The summed E-state index contributed by atoms with van der Waals surface area (Å²) < 4.78 is 36.8. The highest BCUT2D eigenvalue weighted by molar-refractivity contribution is 5.85. The molecule has 0 saturated carbocycles. The van der Waals surface area contributed by atoms with E-state index in [-0.39, 0.29) is 18.3 Å². The molecule has 1 aliphatic rings. The van der Waals surface area contributed by atoms with Gasteiger partial charge in [-0.25, -0.2) is 0 Å². The van der Waals surface area contributed by atoms with Gasteiger partial charge in [0.25, 0.3) is 0 Å². The summed E-state index contributed by atoms with van der Waals surface area (Å²) in [5, 5.41) is 8.94. The molecule has 0 amide bonds. The van der Waals surface area contributed by atoms with Gasteiger partial charge in [0.15, 0.2) is 5.69 Å². The molecule has 1 saturated heterocycles. The van der Waals surface area contributed by atoms with Gasteiger partial charge in [-0.15, -0.1) is 12.4 Å². The van der Waals surface area contributed by atoms with Crippen LogP contribution < -0.4 is 5.32 Å². The Morgan fingerprint density at radius 1 is 1.25 bits per heavy atom. The molecule has 1 aromatic rings. The zero-order valence-corrected chi connectivity index (χ0v) is 9.29. The van der Waals surface area contributed by atoms with Gasteiger partial charge in [0, 0.05) is 11.6 Å². The van der Waals surface area contributed by atoms with E-state index >= 15 is 0 Å². The molecule has 92 valence electrons. The van der Waals surface area contributed by atoms with Crippen LogP contribution in [0, 0.1) is 0 Å². The number of nitrogens with zero attached hydrogens (tertiary/aromatic N) is 1. The van der Waals surface area contributed by atoms with E-state index < -0.39 is 11.9 Å². The molecule has 1 aromatic heterocycles. The van der Waals surface area contributed by atoms with Gasteiger partial charge < -0.3 is 5.32 Å². The molecule has 2 heterocycles. The molecule has 1 aliphatic heterocycles. The lowest BCUT2D eigenvalue weighted by atomic mass is 9.94. The number of hydrogen-bond donors (Lipinski definition) is 2. The number of piperidine rings is 1. The molecule has 2 N–H and O–H groups in total. The number of H-pyrrole nitrogens is 1. The fourth-order valence-electron chi connectivity index (χ4n) is 1.82. The number of hydrogen-bond acceptors (Lipinski definition) is 2. The van der Waals surface area contributed by atoms with Crippen molar-refractivity contribution in [2.75, 3.05) is 13.1 Å². The van der Waals surface area contributed by atoms with Gasteiger partial charge in [-0.3, -0.25) is 5.10 Å². The fourth-order valence-corrected chi connectivity index (χ4v) is 1.82. The predicted molar refractivity (Wildman–Crippen MR) is 55.7 cm³/mol. The first kappa shape index (κ1) is 13.3. The maximum atomic E-state index is 12.3. The highest BCUT2D eigenvalue weighted by Gasteiger charge is 2.34. The van der Waals surface area contributed by atoms with Gasteiger partial charge >= 0.3 is 6.18 Å². The van der Waals surface area contributed by atoms with E-state index in [1.54, 1.807) is 0 Å². The second kappa shape index (κ2) is 5.05. The van der Waals surface area contributed by atoms with Crippen LogP contribution in [-0.2, 0) is 6.18 Å². The third kappa shape index (κ3) is 2.89. The van der Waals surface area contributed by atoms with Crippen molar-refractivity contribution in [2.45, 2.75) is 24.9 Å². The van der Waals surface area contributed by atoms with Crippen molar-refractivity contribution < 1.29 is 13.2 Å². The van der Waals surface area contributed by atoms with Crippen molar-refractivity contribution >= 4 is 12.4 Å². The summed E-state index contributed by atoms with van der Waals surface area (Å²) in [6.07, 6.45) is -2.62. The van der Waals surface area contributed by atoms with Gasteiger partial charge in [0.05, 0.1) is 0 Å². The lowest BCUT2D eigenvalue weighted by Crippen LogP contribution is -2.26. The minimum absolute atomic E-state index is 0. The number of halogens is 4. The van der Waals surface area contributed by atoms with Crippen molar-refractivity contribution in [3.8, 4) is 0 Å². The van der Waals surface area contributed by atoms with Crippen LogP contribution in [0.3, 0.4) is 0 Å². The van der Waals surface area contributed by atoms with E-state index in [1.807, 2.05) is 0 Å². The number of nitrogens with one attached hydrogen (secondary N) is 2. The molecule has 0 unspecified atom stereocenters. The first-order chi connectivity index (χ1) is 7.07. The van der Waals surface area contributed by atoms with Crippen molar-refractivity contribution in [2.24, 2.45) is 0 Å². The summed E-state index contributed by atoms with van der Waals surface area (Å²) in [6, 6.07) is 1.12. The van der Waals surface area contributed by atoms with E-state index in [0.29, 0.717) is 5.69 Å². The topological polar surface area (TPSA) is 40.7 Å². The number of aromatic amines is 1. The monoisotopic (exact) mass is 255 g/mol. The maximum Gasteiger partial charge on any atom is 0.435 e. The zero-order chi connectivity index (χ0) is 10.9. The fraction of sp³-hybridized carbons (Fsp3) is 0.667. The van der Waals surface area contributed by atoms with Crippen LogP contribution in [0.25, 0.3) is 0 Å².